The van der Waals surface area contributed by atoms with Crippen molar-refractivity contribution in [3.05, 3.63) is 80.1 Å². The first-order chi connectivity index (χ1) is 17.5. The summed E-state index contributed by atoms with van der Waals surface area (Å²) in [5.74, 6) is -0.529. The second-order valence-electron chi connectivity index (χ2n) is 9.27. The van der Waals surface area contributed by atoms with Gasteiger partial charge in [0.05, 0.1) is 36.5 Å². The van der Waals surface area contributed by atoms with Crippen molar-refractivity contribution >= 4 is 23.0 Å². The molecule has 36 heavy (non-hydrogen) atoms. The maximum atomic E-state index is 13.3. The summed E-state index contributed by atoms with van der Waals surface area (Å²) in [6.07, 6.45) is 0.705. The lowest BCUT2D eigenvalue weighted by molar-refractivity contribution is -0.0395. The third-order valence-electron chi connectivity index (χ3n) is 7.09. The van der Waals surface area contributed by atoms with Gasteiger partial charge >= 0.3 is 0 Å². The van der Waals surface area contributed by atoms with E-state index in [0.29, 0.717) is 32.7 Å². The lowest BCUT2D eigenvalue weighted by Gasteiger charge is -2.43. The number of carbonyl (C=O) groups is 1. The molecule has 1 amide bonds. The summed E-state index contributed by atoms with van der Waals surface area (Å²) in [6.45, 7) is 5.99. The van der Waals surface area contributed by atoms with Crippen LogP contribution in [0.25, 0.3) is 0 Å². The fraction of sp³-hybridized carbons (Fsp3) is 0.370. The van der Waals surface area contributed by atoms with Crippen LogP contribution < -0.4 is 21.5 Å². The number of hydrogen-bond acceptors (Lipinski definition) is 8. The molecular weight excluding hydrogens is 460 g/mol. The van der Waals surface area contributed by atoms with Gasteiger partial charge in [-0.1, -0.05) is 43.3 Å². The minimum atomic E-state index is -0.662. The van der Waals surface area contributed by atoms with Crippen LogP contribution in [0.15, 0.2) is 58.1 Å². The largest absolute Gasteiger partial charge is 0.505 e. The standard InChI is InChI=1S/C27H30N4O5/c1-2-20(17-7-4-3-5-8-17)28-22-23(26(34)25(22)33)29-21-10-6-9-19(24(21)32)27(35)31-12-11-30-13-14-36-16-18(30)15-31/h3-10,18,20,28-29,32H,2,11-16H2,1H3/t18-,20-/m1/s1. The molecule has 2 saturated heterocycles. The van der Waals surface area contributed by atoms with E-state index in [2.05, 4.69) is 15.5 Å². The molecule has 3 aromatic rings. The molecule has 188 valence electrons. The highest BCUT2D eigenvalue weighted by atomic mass is 16.5. The van der Waals surface area contributed by atoms with Crippen molar-refractivity contribution in [2.24, 2.45) is 0 Å². The van der Waals surface area contributed by atoms with E-state index in [1.807, 2.05) is 37.3 Å². The SMILES string of the molecule is CC[C@@H](Nc1c(Nc2cccc(C(=O)N3CCN4CCOC[C@H]4C3)c2O)c(=O)c1=O)c1ccccc1. The zero-order chi connectivity index (χ0) is 25.2. The lowest BCUT2D eigenvalue weighted by atomic mass is 10.0. The molecule has 0 saturated carbocycles. The van der Waals surface area contributed by atoms with E-state index in [1.165, 1.54) is 0 Å². The van der Waals surface area contributed by atoms with Gasteiger partial charge in [-0.3, -0.25) is 19.3 Å². The highest BCUT2D eigenvalue weighted by Gasteiger charge is 2.33. The molecule has 3 N–H and O–H groups in total. The van der Waals surface area contributed by atoms with E-state index in [4.69, 9.17) is 4.74 Å². The number of hydrogen-bond donors (Lipinski definition) is 3. The number of ether oxygens (including phenoxy) is 1. The molecule has 0 unspecified atom stereocenters. The van der Waals surface area contributed by atoms with Crippen LogP contribution >= 0.6 is 0 Å². The molecule has 0 bridgehead atoms. The van der Waals surface area contributed by atoms with Crippen molar-refractivity contribution in [3.8, 4) is 5.75 Å². The van der Waals surface area contributed by atoms with Gasteiger partial charge in [-0.2, -0.15) is 0 Å². The Kier molecular flexibility index (Phi) is 6.75. The van der Waals surface area contributed by atoms with Gasteiger partial charge < -0.3 is 25.4 Å². The number of benzene rings is 2. The maximum Gasteiger partial charge on any atom is 0.257 e. The van der Waals surface area contributed by atoms with E-state index in [0.717, 1.165) is 18.7 Å². The van der Waals surface area contributed by atoms with Crippen LogP contribution in [-0.4, -0.2) is 66.2 Å². The Hall–Kier alpha value is -3.69. The third-order valence-corrected chi connectivity index (χ3v) is 7.09. The van der Waals surface area contributed by atoms with Crippen molar-refractivity contribution < 1.29 is 14.6 Å². The minimum Gasteiger partial charge on any atom is -0.505 e. The number of nitrogens with zero attached hydrogens (tertiary/aromatic N) is 2. The van der Waals surface area contributed by atoms with Crippen LogP contribution in [0.2, 0.25) is 0 Å². The highest BCUT2D eigenvalue weighted by molar-refractivity contribution is 5.99. The van der Waals surface area contributed by atoms with Gasteiger partial charge in [-0.05, 0) is 24.1 Å². The van der Waals surface area contributed by atoms with E-state index >= 15 is 0 Å². The summed E-state index contributed by atoms with van der Waals surface area (Å²) in [7, 11) is 0. The number of phenolic OH excluding ortho intramolecular Hbond substituents is 1. The first-order valence-electron chi connectivity index (χ1n) is 12.3. The Morgan fingerprint density at radius 1 is 1.06 bits per heavy atom. The maximum absolute atomic E-state index is 13.3. The van der Waals surface area contributed by atoms with Crippen molar-refractivity contribution in [2.75, 3.05) is 50.0 Å². The number of rotatable bonds is 7. The summed E-state index contributed by atoms with van der Waals surface area (Å²) in [5, 5.41) is 17.0. The van der Waals surface area contributed by atoms with Gasteiger partial charge in [0.25, 0.3) is 16.8 Å². The number of aromatic hydroxyl groups is 1. The number of amides is 1. The van der Waals surface area contributed by atoms with Crippen LogP contribution in [0.4, 0.5) is 17.1 Å². The number of para-hydroxylation sites is 1. The first kappa shape index (κ1) is 24.0. The molecule has 2 aliphatic heterocycles. The molecular formula is C27H30N4O5. The Morgan fingerprint density at radius 2 is 1.83 bits per heavy atom. The molecule has 0 aliphatic carbocycles. The fourth-order valence-corrected chi connectivity index (χ4v) is 4.98. The number of phenols is 1. The first-order valence-corrected chi connectivity index (χ1v) is 12.3. The van der Waals surface area contributed by atoms with Gasteiger partial charge in [0.15, 0.2) is 5.75 Å². The van der Waals surface area contributed by atoms with Crippen molar-refractivity contribution in [2.45, 2.75) is 25.4 Å². The molecule has 2 aliphatic rings. The van der Waals surface area contributed by atoms with Crippen molar-refractivity contribution in [1.82, 2.24) is 9.80 Å². The smallest absolute Gasteiger partial charge is 0.257 e. The van der Waals surface area contributed by atoms with Crippen LogP contribution in [0.5, 0.6) is 5.75 Å². The van der Waals surface area contributed by atoms with E-state index in [9.17, 15) is 19.5 Å². The van der Waals surface area contributed by atoms with Gasteiger partial charge in [-0.25, -0.2) is 0 Å². The molecule has 9 heteroatoms. The molecule has 0 aromatic heterocycles. The summed E-state index contributed by atoms with van der Waals surface area (Å²) >= 11 is 0. The number of carbonyl (C=O) groups excluding carboxylic acids is 1. The number of morpholine rings is 1. The van der Waals surface area contributed by atoms with E-state index < -0.39 is 10.9 Å². The van der Waals surface area contributed by atoms with Gasteiger partial charge in [0.2, 0.25) is 0 Å². The highest BCUT2D eigenvalue weighted by Crippen LogP contribution is 2.34. The Bertz CT molecular complexity index is 1320. The van der Waals surface area contributed by atoms with Crippen LogP contribution in [0.3, 0.4) is 0 Å². The number of anilines is 3. The summed E-state index contributed by atoms with van der Waals surface area (Å²) in [4.78, 5) is 42.1. The van der Waals surface area contributed by atoms with Gasteiger partial charge in [-0.15, -0.1) is 0 Å². The van der Waals surface area contributed by atoms with Gasteiger partial charge in [0.1, 0.15) is 11.4 Å². The summed E-state index contributed by atoms with van der Waals surface area (Å²) in [6, 6.07) is 14.5. The molecule has 0 radical (unpaired) electrons. The number of piperazine rings is 1. The third kappa shape index (κ3) is 4.47. The minimum absolute atomic E-state index is 0.0854. The molecule has 2 heterocycles. The molecule has 2 fully saturated rings. The van der Waals surface area contributed by atoms with Crippen LogP contribution in [0, 0.1) is 0 Å². The molecule has 9 nitrogen and oxygen atoms in total. The fourth-order valence-electron chi connectivity index (χ4n) is 4.98. The number of fused-ring (bicyclic) bond motifs is 1. The Morgan fingerprint density at radius 3 is 2.61 bits per heavy atom. The predicted molar refractivity (Wildman–Crippen MR) is 138 cm³/mol. The predicted octanol–water partition coefficient (Wildman–Crippen LogP) is 2.45. The molecule has 5 rings (SSSR count). The lowest BCUT2D eigenvalue weighted by Crippen LogP contribution is -2.59. The molecule has 2 atom stereocenters. The van der Waals surface area contributed by atoms with Crippen molar-refractivity contribution in [3.63, 3.8) is 0 Å². The topological polar surface area (TPSA) is 111 Å². The normalized spacial score (nSPS) is 19.0. The average molecular weight is 491 g/mol. The summed E-state index contributed by atoms with van der Waals surface area (Å²) < 4.78 is 5.56. The van der Waals surface area contributed by atoms with Gasteiger partial charge in [0, 0.05) is 26.2 Å². The average Bonchev–Trinajstić information content (AvgIpc) is 2.93. The molecule has 3 aromatic carbocycles. The zero-order valence-corrected chi connectivity index (χ0v) is 20.2. The Labute approximate surface area is 209 Å². The number of nitrogens with one attached hydrogen (secondary N) is 2. The monoisotopic (exact) mass is 490 g/mol. The van der Waals surface area contributed by atoms with E-state index in [-0.39, 0.29) is 46.4 Å². The van der Waals surface area contributed by atoms with E-state index in [1.54, 1.807) is 23.1 Å². The zero-order valence-electron chi connectivity index (χ0n) is 20.2. The second-order valence-corrected chi connectivity index (χ2v) is 9.27. The van der Waals surface area contributed by atoms with Crippen molar-refractivity contribution in [1.29, 1.82) is 0 Å². The summed E-state index contributed by atoms with van der Waals surface area (Å²) in [5.41, 5.74) is 0.342. The van der Waals surface area contributed by atoms with Crippen LogP contribution in [-0.2, 0) is 4.74 Å². The Balaban J connectivity index is 1.35. The quantitative estimate of drug-likeness (QED) is 0.342. The second kappa shape index (κ2) is 10.1. The van der Waals surface area contributed by atoms with Crippen LogP contribution in [0.1, 0.15) is 35.3 Å². The molecule has 0 spiro atoms.